The molecule has 7 nitrogen and oxygen atoms in total. The molecule has 0 aromatic carbocycles. The lowest BCUT2D eigenvalue weighted by Gasteiger charge is -2.19. The van der Waals surface area contributed by atoms with Crippen molar-refractivity contribution in [2.45, 2.75) is 25.2 Å². The molecule has 0 aliphatic rings. The number of hydrogen-bond donors (Lipinski definition) is 0. The van der Waals surface area contributed by atoms with Crippen molar-refractivity contribution in [3.05, 3.63) is 33.7 Å². The van der Waals surface area contributed by atoms with Gasteiger partial charge < -0.3 is 4.74 Å². The Morgan fingerprint density at radius 3 is 2.36 bits per heavy atom. The number of thiazole rings is 1. The van der Waals surface area contributed by atoms with Crippen molar-refractivity contribution < 1.29 is 44.7 Å². The number of hydrogen-bond acceptors (Lipinski definition) is 6. The molecule has 0 spiro atoms. The molecule has 33 heavy (non-hydrogen) atoms. The van der Waals surface area contributed by atoms with Crippen LogP contribution in [-0.2, 0) is 23.9 Å². The summed E-state index contributed by atoms with van der Waals surface area (Å²) in [7, 11) is 0.751. The summed E-state index contributed by atoms with van der Waals surface area (Å²) in [4.78, 5) is 15.8. The maximum absolute atomic E-state index is 13.8. The topological polar surface area (TPSA) is 74.8 Å². The van der Waals surface area contributed by atoms with Crippen molar-refractivity contribution in [2.75, 3.05) is 6.61 Å². The first-order valence-electron chi connectivity index (χ1n) is 8.57. The van der Waals surface area contributed by atoms with Crippen LogP contribution in [0, 0.1) is 0 Å². The lowest BCUT2D eigenvalue weighted by atomic mass is 10.1. The number of carbonyl (C=O) groups excluding carboxylic acids is 1. The summed E-state index contributed by atoms with van der Waals surface area (Å²) in [5.41, 5.74) is -5.10. The van der Waals surface area contributed by atoms with Gasteiger partial charge in [0.25, 0.3) is 0 Å². The second-order valence-electron chi connectivity index (χ2n) is 6.28. The van der Waals surface area contributed by atoms with Crippen LogP contribution in [0.3, 0.4) is 0 Å². The second-order valence-corrected chi connectivity index (χ2v) is 7.88. The number of esters is 1. The third kappa shape index (κ3) is 4.40. The fraction of sp³-hybridized carbons (Fsp3) is 0.375. The summed E-state index contributed by atoms with van der Waals surface area (Å²) < 4.78 is 112. The Hall–Kier alpha value is -2.75. The van der Waals surface area contributed by atoms with Gasteiger partial charge in [-0.05, 0) is 6.92 Å². The molecule has 3 aromatic heterocycles. The smallest absolute Gasteiger partial charge is 0.459 e. The number of alkyl halides is 8. The summed E-state index contributed by atoms with van der Waals surface area (Å²) in [6.07, 6.45) is -10.1. The first-order chi connectivity index (χ1) is 15.1. The minimum absolute atomic E-state index is 0.00379. The zero-order valence-corrected chi connectivity index (χ0v) is 17.8. The van der Waals surface area contributed by atoms with Crippen molar-refractivity contribution in [3.8, 4) is 16.4 Å². The Morgan fingerprint density at radius 1 is 1.18 bits per heavy atom. The standard InChI is InChI=1S/C16H10ClF8N5O2S/c1-3-32-13(31)8-10(17)33-11(27-8)6-4-26-30(5-6)12-7(15(20,21)22)9(28-29(12)2)14(18,19)16(23,24)25/h4-5H,3H2,1-2H3. The van der Waals surface area contributed by atoms with Gasteiger partial charge in [0.1, 0.15) is 14.9 Å². The molecule has 180 valence electrons. The van der Waals surface area contributed by atoms with Gasteiger partial charge in [0.05, 0.1) is 12.8 Å². The van der Waals surface area contributed by atoms with Gasteiger partial charge in [-0.1, -0.05) is 11.6 Å². The van der Waals surface area contributed by atoms with E-state index in [1.165, 1.54) is 6.92 Å². The van der Waals surface area contributed by atoms with Crippen LogP contribution in [0.15, 0.2) is 12.4 Å². The van der Waals surface area contributed by atoms with Gasteiger partial charge in [0.2, 0.25) is 0 Å². The summed E-state index contributed by atoms with van der Waals surface area (Å²) in [5, 5.41) is 6.42. The van der Waals surface area contributed by atoms with Crippen molar-refractivity contribution in [3.63, 3.8) is 0 Å². The molecule has 0 fully saturated rings. The average molecular weight is 524 g/mol. The molecule has 3 heterocycles. The van der Waals surface area contributed by atoms with E-state index in [1.807, 2.05) is 0 Å². The highest BCUT2D eigenvalue weighted by Crippen LogP contribution is 2.49. The van der Waals surface area contributed by atoms with Gasteiger partial charge in [0.15, 0.2) is 17.2 Å². The zero-order valence-electron chi connectivity index (χ0n) is 16.2. The van der Waals surface area contributed by atoms with E-state index in [9.17, 15) is 39.9 Å². The highest BCUT2D eigenvalue weighted by Gasteiger charge is 2.64. The molecule has 0 unspecified atom stereocenters. The van der Waals surface area contributed by atoms with Crippen LogP contribution in [-0.4, -0.2) is 43.3 Å². The van der Waals surface area contributed by atoms with Gasteiger partial charge >= 0.3 is 24.2 Å². The molecule has 3 aromatic rings. The van der Waals surface area contributed by atoms with Crippen LogP contribution in [0.5, 0.6) is 0 Å². The predicted octanol–water partition coefficient (Wildman–Crippen LogP) is 5.23. The number of aromatic nitrogens is 5. The zero-order chi connectivity index (χ0) is 24.9. The first-order valence-corrected chi connectivity index (χ1v) is 9.77. The maximum atomic E-state index is 13.8. The molecule has 0 saturated heterocycles. The lowest BCUT2D eigenvalue weighted by molar-refractivity contribution is -0.292. The molecule has 0 amide bonds. The Kier molecular flexibility index (Phi) is 6.21. The summed E-state index contributed by atoms with van der Waals surface area (Å²) >= 11 is 6.67. The number of ether oxygens (including phenoxy) is 1. The number of aryl methyl sites for hydroxylation is 1. The van der Waals surface area contributed by atoms with E-state index in [4.69, 9.17) is 16.3 Å². The molecule has 0 saturated carbocycles. The van der Waals surface area contributed by atoms with Crippen LogP contribution < -0.4 is 0 Å². The minimum atomic E-state index is -6.32. The fourth-order valence-corrected chi connectivity index (χ4v) is 3.79. The van der Waals surface area contributed by atoms with Crippen LogP contribution >= 0.6 is 22.9 Å². The number of rotatable bonds is 5. The Morgan fingerprint density at radius 2 is 1.82 bits per heavy atom. The third-order valence-corrected chi connectivity index (χ3v) is 5.36. The Bertz CT molecular complexity index is 1200. The van der Waals surface area contributed by atoms with Crippen molar-refractivity contribution in [1.29, 1.82) is 0 Å². The molecule has 0 bridgehead atoms. The van der Waals surface area contributed by atoms with Gasteiger partial charge in [-0.25, -0.2) is 19.1 Å². The fourth-order valence-electron chi connectivity index (χ4n) is 2.69. The van der Waals surface area contributed by atoms with Gasteiger partial charge in [-0.2, -0.15) is 45.3 Å². The molecule has 0 aliphatic carbocycles. The summed E-state index contributed by atoms with van der Waals surface area (Å²) in [5.74, 6) is -7.94. The van der Waals surface area contributed by atoms with Crippen LogP contribution in [0.2, 0.25) is 4.34 Å². The largest absolute Gasteiger partial charge is 0.461 e. The van der Waals surface area contributed by atoms with E-state index in [2.05, 4.69) is 15.2 Å². The van der Waals surface area contributed by atoms with E-state index in [0.717, 1.165) is 30.8 Å². The normalized spacial score (nSPS) is 12.9. The van der Waals surface area contributed by atoms with E-state index in [0.29, 0.717) is 4.68 Å². The molecule has 17 heteroatoms. The second kappa shape index (κ2) is 8.23. The Labute approximate surface area is 187 Å². The number of nitrogens with zero attached hydrogens (tertiary/aromatic N) is 5. The van der Waals surface area contributed by atoms with Crippen LogP contribution in [0.4, 0.5) is 35.1 Å². The van der Waals surface area contributed by atoms with Crippen molar-refractivity contribution >= 4 is 28.9 Å². The van der Waals surface area contributed by atoms with E-state index in [1.54, 1.807) is 0 Å². The highest BCUT2D eigenvalue weighted by atomic mass is 35.5. The van der Waals surface area contributed by atoms with Gasteiger partial charge in [-0.15, -0.1) is 11.3 Å². The van der Waals surface area contributed by atoms with E-state index >= 15 is 0 Å². The number of carbonyl (C=O) groups is 1. The van der Waals surface area contributed by atoms with Gasteiger partial charge in [0, 0.05) is 18.8 Å². The molecular formula is C16H10ClF8N5O2S. The summed E-state index contributed by atoms with van der Waals surface area (Å²) in [6, 6.07) is 0. The molecular weight excluding hydrogens is 514 g/mol. The van der Waals surface area contributed by atoms with Crippen LogP contribution in [0.25, 0.3) is 16.4 Å². The average Bonchev–Trinajstić information content (AvgIpc) is 3.36. The minimum Gasteiger partial charge on any atom is -0.461 e. The molecule has 0 radical (unpaired) electrons. The quantitative estimate of drug-likeness (QED) is 0.338. The SMILES string of the molecule is CCOC(=O)c1nc(-c2cnn(-c3c(C(F)(F)F)c(C(F)(F)C(F)(F)F)nn3C)c2)sc1Cl. The molecule has 0 atom stereocenters. The van der Waals surface area contributed by atoms with Gasteiger partial charge in [-0.3, -0.25) is 0 Å². The first kappa shape index (κ1) is 24.9. The number of halogens is 9. The molecule has 0 N–H and O–H groups in total. The predicted molar refractivity (Wildman–Crippen MR) is 97.4 cm³/mol. The Balaban J connectivity index is 2.14. The third-order valence-electron chi connectivity index (χ3n) is 4.05. The highest BCUT2D eigenvalue weighted by molar-refractivity contribution is 7.19. The van der Waals surface area contributed by atoms with Crippen molar-refractivity contribution in [1.82, 2.24) is 24.5 Å². The van der Waals surface area contributed by atoms with E-state index in [-0.39, 0.29) is 31.9 Å². The lowest BCUT2D eigenvalue weighted by Crippen LogP contribution is -2.36. The maximum Gasteiger partial charge on any atom is 0.459 e. The van der Waals surface area contributed by atoms with Crippen LogP contribution in [0.1, 0.15) is 28.7 Å². The van der Waals surface area contributed by atoms with E-state index < -0.39 is 41.3 Å². The molecule has 0 aliphatic heterocycles. The summed E-state index contributed by atoms with van der Waals surface area (Å²) in [6.45, 7) is 1.55. The monoisotopic (exact) mass is 523 g/mol. The van der Waals surface area contributed by atoms with Crippen molar-refractivity contribution in [2.24, 2.45) is 7.05 Å². The molecule has 3 rings (SSSR count).